The number of methoxy groups -OCH3 is 2. The third-order valence-corrected chi connectivity index (χ3v) is 4.89. The first kappa shape index (κ1) is 19.5. The topological polar surface area (TPSA) is 108 Å². The summed E-state index contributed by atoms with van der Waals surface area (Å²) in [6.07, 6.45) is 1.68. The van der Waals surface area contributed by atoms with Gasteiger partial charge in [0.25, 0.3) is 5.91 Å². The summed E-state index contributed by atoms with van der Waals surface area (Å²) in [5.74, 6) is 7.08. The van der Waals surface area contributed by atoms with Crippen LogP contribution in [0.3, 0.4) is 0 Å². The summed E-state index contributed by atoms with van der Waals surface area (Å²) in [6.45, 7) is 1.50. The molecule has 0 radical (unpaired) electrons. The molecular weight excluding hydrogens is 380 g/mol. The molecule has 144 valence electrons. The lowest BCUT2D eigenvalue weighted by molar-refractivity contribution is -0.115. The molecule has 0 fully saturated rings. The number of fused-ring (bicyclic) bond motifs is 1. The number of thiophene rings is 1. The number of benzene rings is 1. The Bertz CT molecular complexity index is 1060. The Hall–Kier alpha value is -3.30. The zero-order valence-corrected chi connectivity index (χ0v) is 16.3. The van der Waals surface area contributed by atoms with Gasteiger partial charge in [-0.2, -0.15) is 0 Å². The van der Waals surface area contributed by atoms with Crippen LogP contribution in [0.15, 0.2) is 41.3 Å². The molecule has 28 heavy (non-hydrogen) atoms. The Morgan fingerprint density at radius 1 is 1.21 bits per heavy atom. The van der Waals surface area contributed by atoms with Crippen LogP contribution in [0.1, 0.15) is 6.92 Å². The first-order chi connectivity index (χ1) is 13.5. The zero-order valence-electron chi connectivity index (χ0n) is 15.5. The van der Waals surface area contributed by atoms with E-state index in [0.717, 1.165) is 16.0 Å². The Morgan fingerprint density at radius 3 is 2.54 bits per heavy atom. The van der Waals surface area contributed by atoms with Gasteiger partial charge in [-0.15, -0.1) is 11.3 Å². The molecule has 9 heteroatoms. The van der Waals surface area contributed by atoms with Gasteiger partial charge in [-0.05, 0) is 30.5 Å². The van der Waals surface area contributed by atoms with Crippen molar-refractivity contribution in [3.63, 3.8) is 0 Å². The largest absolute Gasteiger partial charge is 0.493 e. The molecule has 0 saturated heterocycles. The maximum Gasteiger partial charge on any atom is 0.269 e. The molecule has 2 N–H and O–H groups in total. The minimum atomic E-state index is -0.556. The summed E-state index contributed by atoms with van der Waals surface area (Å²) in [5, 5.41) is 3.31. The molecule has 1 amide bonds. The van der Waals surface area contributed by atoms with E-state index in [1.165, 1.54) is 32.5 Å². The average Bonchev–Trinajstić information content (AvgIpc) is 3.25. The number of carbonyl (C=O) groups is 2. The maximum atomic E-state index is 12.6. The van der Waals surface area contributed by atoms with E-state index in [2.05, 4.69) is 9.97 Å². The summed E-state index contributed by atoms with van der Waals surface area (Å²) in [7, 11) is 3.03. The minimum Gasteiger partial charge on any atom is -0.493 e. The van der Waals surface area contributed by atoms with Gasteiger partial charge < -0.3 is 9.47 Å². The second-order valence-corrected chi connectivity index (χ2v) is 6.68. The standard InChI is InChI=1S/C19H18N4O4S/c1-11(6-7-24)19(25)23(20)18-12-9-14(26-2)15(27-3)10-13(12)21-17(22-18)16-5-4-8-28-16/h4-10H,20H2,1-3H3/b11-6-. The number of nitrogens with two attached hydrogens (primary N) is 1. The second-order valence-electron chi connectivity index (χ2n) is 5.73. The van der Waals surface area contributed by atoms with E-state index in [1.54, 1.807) is 12.1 Å². The summed E-state index contributed by atoms with van der Waals surface area (Å²) in [4.78, 5) is 33.2. The van der Waals surface area contributed by atoms with Crippen LogP contribution in [-0.2, 0) is 9.59 Å². The van der Waals surface area contributed by atoms with E-state index < -0.39 is 5.91 Å². The van der Waals surface area contributed by atoms with Gasteiger partial charge in [0.05, 0.1) is 24.6 Å². The van der Waals surface area contributed by atoms with Gasteiger partial charge in [0.15, 0.2) is 23.1 Å². The molecule has 2 heterocycles. The number of nitrogens with zero attached hydrogens (tertiary/aromatic N) is 3. The van der Waals surface area contributed by atoms with Gasteiger partial charge in [-0.25, -0.2) is 20.8 Å². The van der Waals surface area contributed by atoms with Crippen LogP contribution in [-0.4, -0.2) is 36.4 Å². The van der Waals surface area contributed by atoms with Crippen molar-refractivity contribution in [2.45, 2.75) is 6.92 Å². The fourth-order valence-electron chi connectivity index (χ4n) is 2.60. The van der Waals surface area contributed by atoms with E-state index in [1.807, 2.05) is 17.5 Å². The summed E-state index contributed by atoms with van der Waals surface area (Å²) < 4.78 is 10.7. The summed E-state index contributed by atoms with van der Waals surface area (Å²) in [5.41, 5.74) is 0.716. The van der Waals surface area contributed by atoms with Crippen LogP contribution in [0.4, 0.5) is 5.82 Å². The van der Waals surface area contributed by atoms with Crippen LogP contribution in [0.2, 0.25) is 0 Å². The molecule has 0 atom stereocenters. The van der Waals surface area contributed by atoms with Gasteiger partial charge in [0.1, 0.15) is 6.29 Å². The van der Waals surface area contributed by atoms with Gasteiger partial charge in [-0.1, -0.05) is 6.07 Å². The molecule has 0 aliphatic carbocycles. The van der Waals surface area contributed by atoms with Crippen molar-refractivity contribution in [1.82, 2.24) is 9.97 Å². The molecule has 1 aromatic carbocycles. The van der Waals surface area contributed by atoms with Gasteiger partial charge in [0.2, 0.25) is 0 Å². The number of hydrogen-bond acceptors (Lipinski definition) is 8. The number of allylic oxidation sites excluding steroid dienone is 1. The molecule has 0 bridgehead atoms. The molecule has 8 nitrogen and oxygen atoms in total. The van der Waals surface area contributed by atoms with Gasteiger partial charge >= 0.3 is 0 Å². The molecule has 0 aliphatic rings. The van der Waals surface area contributed by atoms with Crippen molar-refractivity contribution in [3.05, 3.63) is 41.3 Å². The predicted molar refractivity (Wildman–Crippen MR) is 107 cm³/mol. The minimum absolute atomic E-state index is 0.183. The summed E-state index contributed by atoms with van der Waals surface area (Å²) in [6, 6.07) is 7.11. The number of aldehydes is 1. The van der Waals surface area contributed by atoms with E-state index in [4.69, 9.17) is 15.3 Å². The number of aromatic nitrogens is 2. The quantitative estimate of drug-likeness (QED) is 0.224. The summed E-state index contributed by atoms with van der Waals surface area (Å²) >= 11 is 1.46. The van der Waals surface area contributed by atoms with Crippen LogP contribution < -0.4 is 20.3 Å². The molecule has 0 aliphatic heterocycles. The second kappa shape index (κ2) is 8.15. The number of anilines is 1. The number of hydrogen-bond donors (Lipinski definition) is 1. The highest BCUT2D eigenvalue weighted by atomic mass is 32.1. The third-order valence-electron chi connectivity index (χ3n) is 4.02. The molecule has 2 aromatic heterocycles. The van der Waals surface area contributed by atoms with E-state index >= 15 is 0 Å². The highest BCUT2D eigenvalue weighted by Gasteiger charge is 2.22. The van der Waals surface area contributed by atoms with Crippen LogP contribution in [0.5, 0.6) is 11.5 Å². The average molecular weight is 398 g/mol. The number of amides is 1. The number of rotatable bonds is 6. The first-order valence-electron chi connectivity index (χ1n) is 8.19. The molecule has 0 saturated carbocycles. The highest BCUT2D eigenvalue weighted by molar-refractivity contribution is 7.13. The number of ether oxygens (including phenoxy) is 2. The zero-order chi connectivity index (χ0) is 20.3. The van der Waals surface area contributed by atoms with Crippen molar-refractivity contribution in [2.75, 3.05) is 19.2 Å². The Morgan fingerprint density at radius 2 is 1.93 bits per heavy atom. The number of carbonyl (C=O) groups excluding carboxylic acids is 2. The fraction of sp³-hybridized carbons (Fsp3) is 0.158. The maximum absolute atomic E-state index is 12.6. The monoisotopic (exact) mass is 398 g/mol. The highest BCUT2D eigenvalue weighted by Crippen LogP contribution is 2.36. The van der Waals surface area contributed by atoms with E-state index in [-0.39, 0.29) is 11.4 Å². The number of hydrazine groups is 1. The van der Waals surface area contributed by atoms with Crippen molar-refractivity contribution in [2.24, 2.45) is 5.84 Å². The predicted octanol–water partition coefficient (Wildman–Crippen LogP) is 2.73. The normalized spacial score (nSPS) is 11.4. The van der Waals surface area contributed by atoms with E-state index in [0.29, 0.717) is 34.5 Å². The Labute approximate surface area is 165 Å². The van der Waals surface area contributed by atoms with Gasteiger partial charge in [-0.3, -0.25) is 9.59 Å². The molecule has 0 unspecified atom stereocenters. The van der Waals surface area contributed by atoms with Crippen LogP contribution >= 0.6 is 11.3 Å². The van der Waals surface area contributed by atoms with Crippen molar-refractivity contribution in [1.29, 1.82) is 0 Å². The van der Waals surface area contributed by atoms with E-state index in [9.17, 15) is 9.59 Å². The third kappa shape index (κ3) is 3.57. The molecule has 3 rings (SSSR count). The van der Waals surface area contributed by atoms with Crippen LogP contribution in [0, 0.1) is 0 Å². The lowest BCUT2D eigenvalue weighted by atomic mass is 10.2. The van der Waals surface area contributed by atoms with Crippen molar-refractivity contribution < 1.29 is 19.1 Å². The Kier molecular flexibility index (Phi) is 5.67. The smallest absolute Gasteiger partial charge is 0.269 e. The molecule has 3 aromatic rings. The fourth-order valence-corrected chi connectivity index (χ4v) is 3.26. The molecular formula is C19H18N4O4S. The van der Waals surface area contributed by atoms with Crippen molar-refractivity contribution in [3.8, 4) is 22.2 Å². The lowest BCUT2D eigenvalue weighted by Crippen LogP contribution is -2.39. The Balaban J connectivity index is 2.27. The van der Waals surface area contributed by atoms with Crippen LogP contribution in [0.25, 0.3) is 21.6 Å². The van der Waals surface area contributed by atoms with Crippen molar-refractivity contribution >= 4 is 40.3 Å². The molecule has 0 spiro atoms. The van der Waals surface area contributed by atoms with Gasteiger partial charge in [0, 0.05) is 17.0 Å². The first-order valence-corrected chi connectivity index (χ1v) is 9.07. The SMILES string of the molecule is COc1cc2nc(-c3cccs3)nc(N(N)C(=O)/C(C)=C\C=O)c2cc1OC. The lowest BCUT2D eigenvalue weighted by Gasteiger charge is -2.19.